The Morgan fingerprint density at radius 1 is 1.29 bits per heavy atom. The monoisotopic (exact) mass is 424 g/mol. The molecule has 0 radical (unpaired) electrons. The number of fused-ring (bicyclic) bond motifs is 1. The Morgan fingerprint density at radius 3 is 2.86 bits per heavy atom. The Kier molecular flexibility index (Phi) is 5.96. The van der Waals surface area contributed by atoms with E-state index in [1.165, 1.54) is 31.0 Å². The maximum atomic E-state index is 12.7. The van der Waals surface area contributed by atoms with Crippen LogP contribution in [0.2, 0.25) is 0 Å². The molecule has 1 unspecified atom stereocenters. The smallest absolute Gasteiger partial charge is 0.242 e. The molecule has 28 heavy (non-hydrogen) atoms. The second kappa shape index (κ2) is 8.44. The van der Waals surface area contributed by atoms with Gasteiger partial charge < -0.3 is 15.5 Å². The number of sulfonamides is 1. The highest BCUT2D eigenvalue weighted by atomic mass is 32.2. The standard InChI is InChI=1S/C19H26N4O3S2.H2/c24-18(13-21-15-4-2-1-3-5-15)23-10-8-14-12-16(6-7-17(14)23)28(25,26)22-19-20-9-11-27-19;/h6-7,9,11-12,15,19-22H,1-5,8,10,13H2;1H. The minimum absolute atomic E-state index is 0. The van der Waals surface area contributed by atoms with Crippen LogP contribution < -0.4 is 20.3 Å². The van der Waals surface area contributed by atoms with Crippen molar-refractivity contribution >= 4 is 33.4 Å². The van der Waals surface area contributed by atoms with Crippen molar-refractivity contribution in [1.82, 2.24) is 15.4 Å². The molecule has 1 aromatic carbocycles. The number of anilines is 1. The highest BCUT2D eigenvalue weighted by Gasteiger charge is 2.28. The zero-order valence-electron chi connectivity index (χ0n) is 15.7. The highest BCUT2D eigenvalue weighted by Crippen LogP contribution is 2.30. The number of nitrogens with zero attached hydrogens (tertiary/aromatic N) is 1. The summed E-state index contributed by atoms with van der Waals surface area (Å²) in [5, 5.41) is 8.13. The summed E-state index contributed by atoms with van der Waals surface area (Å²) in [6.45, 7) is 0.935. The van der Waals surface area contributed by atoms with Crippen LogP contribution in [0.15, 0.2) is 34.7 Å². The molecule has 0 spiro atoms. The van der Waals surface area contributed by atoms with Gasteiger partial charge >= 0.3 is 0 Å². The van der Waals surface area contributed by atoms with Crippen LogP contribution in [0.1, 0.15) is 39.1 Å². The van der Waals surface area contributed by atoms with Crippen molar-refractivity contribution in [2.45, 2.75) is 55.0 Å². The van der Waals surface area contributed by atoms with Gasteiger partial charge in [-0.05, 0) is 48.4 Å². The molecule has 4 rings (SSSR count). The summed E-state index contributed by atoms with van der Waals surface area (Å²) in [7, 11) is -3.62. The molecule has 7 nitrogen and oxygen atoms in total. The largest absolute Gasteiger partial charge is 0.366 e. The molecule has 0 bridgehead atoms. The number of carbonyl (C=O) groups is 1. The van der Waals surface area contributed by atoms with Crippen molar-refractivity contribution < 1.29 is 14.6 Å². The van der Waals surface area contributed by atoms with Crippen LogP contribution in [0.3, 0.4) is 0 Å². The van der Waals surface area contributed by atoms with Crippen molar-refractivity contribution in [3.8, 4) is 0 Å². The maximum Gasteiger partial charge on any atom is 0.242 e. The van der Waals surface area contributed by atoms with Crippen molar-refractivity contribution in [2.24, 2.45) is 0 Å². The first kappa shape index (κ1) is 19.8. The first-order chi connectivity index (χ1) is 13.5. The summed E-state index contributed by atoms with van der Waals surface area (Å²) >= 11 is 1.37. The Hall–Kier alpha value is -1.55. The lowest BCUT2D eigenvalue weighted by Crippen LogP contribution is -2.41. The molecule has 9 heteroatoms. The van der Waals surface area contributed by atoms with E-state index in [0.29, 0.717) is 25.6 Å². The molecule has 1 aliphatic carbocycles. The lowest BCUT2D eigenvalue weighted by Gasteiger charge is -2.24. The molecule has 2 heterocycles. The summed E-state index contributed by atoms with van der Waals surface area (Å²) < 4.78 is 27.8. The average Bonchev–Trinajstić information content (AvgIpc) is 3.35. The van der Waals surface area contributed by atoms with E-state index in [1.807, 2.05) is 0 Å². The van der Waals surface area contributed by atoms with Crippen LogP contribution in [0.4, 0.5) is 5.69 Å². The third kappa shape index (κ3) is 4.37. The molecular formula is C19H28N4O3S2. The second-order valence-electron chi connectivity index (χ2n) is 7.41. The first-order valence-electron chi connectivity index (χ1n) is 9.78. The second-order valence-corrected chi connectivity index (χ2v) is 10.1. The third-order valence-corrected chi connectivity index (χ3v) is 7.89. The summed E-state index contributed by atoms with van der Waals surface area (Å²) in [5.74, 6) is 0.0516. The van der Waals surface area contributed by atoms with E-state index in [9.17, 15) is 13.2 Å². The summed E-state index contributed by atoms with van der Waals surface area (Å²) in [6, 6.07) is 5.46. The molecule has 1 fully saturated rings. The fraction of sp³-hybridized carbons (Fsp3) is 0.526. The summed E-state index contributed by atoms with van der Waals surface area (Å²) in [5.41, 5.74) is 1.34. The van der Waals surface area contributed by atoms with Crippen molar-refractivity contribution in [2.75, 3.05) is 18.0 Å². The van der Waals surface area contributed by atoms with E-state index in [2.05, 4.69) is 15.4 Å². The number of thioether (sulfide) groups is 1. The zero-order valence-corrected chi connectivity index (χ0v) is 17.3. The van der Waals surface area contributed by atoms with Crippen LogP contribution in [0.25, 0.3) is 0 Å². The molecule has 1 atom stereocenters. The minimum atomic E-state index is -3.62. The van der Waals surface area contributed by atoms with Gasteiger partial charge in [0.25, 0.3) is 0 Å². The molecule has 1 saturated carbocycles. The fourth-order valence-electron chi connectivity index (χ4n) is 3.99. The van der Waals surface area contributed by atoms with Gasteiger partial charge in [0.1, 0.15) is 5.50 Å². The summed E-state index contributed by atoms with van der Waals surface area (Å²) in [4.78, 5) is 14.7. The van der Waals surface area contributed by atoms with Gasteiger partial charge in [0.05, 0.1) is 11.4 Å². The Labute approximate surface area is 171 Å². The third-order valence-electron chi connectivity index (χ3n) is 5.50. The van der Waals surface area contributed by atoms with Crippen LogP contribution >= 0.6 is 11.8 Å². The number of hydrogen-bond acceptors (Lipinski definition) is 6. The predicted octanol–water partition coefficient (Wildman–Crippen LogP) is 2.11. The van der Waals surface area contributed by atoms with Gasteiger partial charge in [0, 0.05) is 25.9 Å². The van der Waals surface area contributed by atoms with Gasteiger partial charge in [-0.25, -0.2) is 8.42 Å². The molecule has 3 N–H and O–H groups in total. The number of carbonyl (C=O) groups excluding carboxylic acids is 1. The lowest BCUT2D eigenvalue weighted by molar-refractivity contribution is -0.117. The van der Waals surface area contributed by atoms with Gasteiger partial charge in [0.15, 0.2) is 0 Å². The fourth-order valence-corrected chi connectivity index (χ4v) is 6.10. The Morgan fingerprint density at radius 2 is 2.11 bits per heavy atom. The first-order valence-corrected chi connectivity index (χ1v) is 12.2. The molecular weight excluding hydrogens is 396 g/mol. The van der Waals surface area contributed by atoms with E-state index in [0.717, 1.165) is 24.1 Å². The lowest BCUT2D eigenvalue weighted by atomic mass is 9.95. The van der Waals surface area contributed by atoms with Crippen LogP contribution in [0, 0.1) is 0 Å². The molecule has 1 aromatic rings. The Balaban J connectivity index is 0.00000240. The number of rotatable bonds is 6. The van der Waals surface area contributed by atoms with E-state index in [1.54, 1.807) is 34.7 Å². The number of benzene rings is 1. The number of amides is 1. The molecule has 1 amide bonds. The van der Waals surface area contributed by atoms with Crippen molar-refractivity contribution in [3.05, 3.63) is 35.4 Å². The van der Waals surface area contributed by atoms with E-state index < -0.39 is 10.0 Å². The zero-order chi connectivity index (χ0) is 19.6. The molecule has 154 valence electrons. The minimum Gasteiger partial charge on any atom is -0.366 e. The SMILES string of the molecule is O=C(CNC1CCCCC1)N1CCc2cc(S(=O)(=O)NC3NC=CS3)ccc21.[HH]. The average molecular weight is 425 g/mol. The molecule has 0 saturated heterocycles. The van der Waals surface area contributed by atoms with Gasteiger partial charge in [-0.1, -0.05) is 31.0 Å². The van der Waals surface area contributed by atoms with E-state index >= 15 is 0 Å². The Bertz CT molecular complexity index is 864. The van der Waals surface area contributed by atoms with Crippen LogP contribution in [-0.2, 0) is 21.2 Å². The number of hydrogen-bond donors (Lipinski definition) is 3. The number of nitrogens with one attached hydrogen (secondary N) is 3. The van der Waals surface area contributed by atoms with Crippen molar-refractivity contribution in [1.29, 1.82) is 0 Å². The molecule has 2 aliphatic heterocycles. The summed E-state index contributed by atoms with van der Waals surface area (Å²) in [6.07, 6.45) is 8.42. The topological polar surface area (TPSA) is 90.5 Å². The highest BCUT2D eigenvalue weighted by molar-refractivity contribution is 8.03. The van der Waals surface area contributed by atoms with Gasteiger partial charge in [0.2, 0.25) is 15.9 Å². The maximum absolute atomic E-state index is 12.7. The molecule has 0 aromatic heterocycles. The normalized spacial score (nSPS) is 22.3. The van der Waals surface area contributed by atoms with Crippen LogP contribution in [0.5, 0.6) is 0 Å². The molecule has 3 aliphatic rings. The van der Waals surface area contributed by atoms with Gasteiger partial charge in [-0.2, -0.15) is 4.72 Å². The van der Waals surface area contributed by atoms with Crippen molar-refractivity contribution in [3.63, 3.8) is 0 Å². The van der Waals surface area contributed by atoms with Crippen LogP contribution in [-0.4, -0.2) is 39.0 Å². The van der Waals surface area contributed by atoms with Gasteiger partial charge in [-0.3, -0.25) is 4.79 Å². The van der Waals surface area contributed by atoms with E-state index in [-0.39, 0.29) is 17.7 Å². The predicted molar refractivity (Wildman–Crippen MR) is 113 cm³/mol. The van der Waals surface area contributed by atoms with Gasteiger partial charge in [-0.15, -0.1) is 0 Å². The van der Waals surface area contributed by atoms with E-state index in [4.69, 9.17) is 0 Å². The quantitative estimate of drug-likeness (QED) is 0.648.